The molecule has 8 heteroatoms. The van der Waals surface area contributed by atoms with E-state index in [-0.39, 0.29) is 16.9 Å². The number of fused-ring (bicyclic) bond motifs is 2. The van der Waals surface area contributed by atoms with Crippen molar-refractivity contribution in [3.05, 3.63) is 86.2 Å². The fourth-order valence-corrected chi connectivity index (χ4v) is 5.19. The van der Waals surface area contributed by atoms with Gasteiger partial charge in [-0.1, -0.05) is 30.3 Å². The number of thiophene rings is 1. The number of hydrogen-bond donors (Lipinski definition) is 1. The number of aromatic nitrogens is 2. The van der Waals surface area contributed by atoms with Crippen LogP contribution in [0.3, 0.4) is 0 Å². The summed E-state index contributed by atoms with van der Waals surface area (Å²) in [6.07, 6.45) is 3.21. The van der Waals surface area contributed by atoms with Crippen molar-refractivity contribution < 1.29 is 9.59 Å². The molecule has 0 saturated carbocycles. The molecule has 31 heavy (non-hydrogen) atoms. The first-order valence-electron chi connectivity index (χ1n) is 10.3. The Hall–Kier alpha value is -3.26. The van der Waals surface area contributed by atoms with Crippen LogP contribution < -0.4 is 10.9 Å². The van der Waals surface area contributed by atoms with Crippen LogP contribution >= 0.6 is 11.3 Å². The highest BCUT2D eigenvalue weighted by Gasteiger charge is 2.47. The van der Waals surface area contributed by atoms with E-state index in [1.54, 1.807) is 6.20 Å². The predicted octanol–water partition coefficient (Wildman–Crippen LogP) is 2.42. The average Bonchev–Trinajstić information content (AvgIpc) is 3.54. The molecule has 1 N–H and O–H groups in total. The van der Waals surface area contributed by atoms with Gasteiger partial charge in [-0.25, -0.2) is 0 Å². The maximum Gasteiger partial charge on any atom is 0.285 e. The largest absolute Gasteiger partial charge is 0.348 e. The van der Waals surface area contributed by atoms with E-state index in [1.807, 2.05) is 56.6 Å². The minimum Gasteiger partial charge on any atom is -0.348 e. The Morgan fingerprint density at radius 3 is 2.71 bits per heavy atom. The van der Waals surface area contributed by atoms with Crippen molar-refractivity contribution in [3.8, 4) is 0 Å². The highest BCUT2D eigenvalue weighted by atomic mass is 32.1. The number of carbonyl (C=O) groups is 2. The third-order valence-electron chi connectivity index (χ3n) is 6.25. The first kappa shape index (κ1) is 19.7. The maximum absolute atomic E-state index is 12.8. The van der Waals surface area contributed by atoms with Gasteiger partial charge in [-0.15, -0.1) is 0 Å². The third kappa shape index (κ3) is 3.57. The van der Waals surface area contributed by atoms with Gasteiger partial charge in [0, 0.05) is 43.2 Å². The van der Waals surface area contributed by atoms with E-state index in [0.29, 0.717) is 37.6 Å². The zero-order valence-corrected chi connectivity index (χ0v) is 17.7. The first-order chi connectivity index (χ1) is 15.1. The zero-order valence-electron chi connectivity index (χ0n) is 16.9. The molecule has 158 valence electrons. The fourth-order valence-electron chi connectivity index (χ4n) is 4.56. The van der Waals surface area contributed by atoms with Gasteiger partial charge in [-0.2, -0.15) is 16.3 Å². The first-order valence-corrected chi connectivity index (χ1v) is 11.3. The summed E-state index contributed by atoms with van der Waals surface area (Å²) in [6, 6.07) is 11.4. The van der Waals surface area contributed by atoms with Crippen molar-refractivity contribution in [2.24, 2.45) is 0 Å². The lowest BCUT2D eigenvalue weighted by Crippen LogP contribution is -2.36. The van der Waals surface area contributed by atoms with Crippen molar-refractivity contribution in [1.29, 1.82) is 0 Å². The number of aryl methyl sites for hydroxylation is 1. The van der Waals surface area contributed by atoms with Gasteiger partial charge in [0.25, 0.3) is 17.4 Å². The van der Waals surface area contributed by atoms with Crippen LogP contribution in [-0.2, 0) is 18.5 Å². The molecule has 1 saturated heterocycles. The summed E-state index contributed by atoms with van der Waals surface area (Å²) in [6.45, 7) is 2.23. The lowest BCUT2D eigenvalue weighted by Gasteiger charge is -2.23. The van der Waals surface area contributed by atoms with Crippen LogP contribution in [0.15, 0.2) is 58.1 Å². The number of rotatable bonds is 4. The number of hydrogen-bond acceptors (Lipinski definition) is 5. The van der Waals surface area contributed by atoms with E-state index in [0.717, 1.165) is 18.4 Å². The summed E-state index contributed by atoms with van der Waals surface area (Å²) in [5.74, 6) is 0.298. The zero-order chi connectivity index (χ0) is 21.4. The number of nitrogens with one attached hydrogen (secondary N) is 1. The quantitative estimate of drug-likeness (QED) is 0.684. The summed E-state index contributed by atoms with van der Waals surface area (Å²) in [5.41, 5.74) is 0.895. The summed E-state index contributed by atoms with van der Waals surface area (Å²) in [5, 5.41) is 6.56. The molecule has 5 rings (SSSR count). The van der Waals surface area contributed by atoms with E-state index in [9.17, 15) is 14.4 Å². The van der Waals surface area contributed by atoms with Crippen LogP contribution in [0.4, 0.5) is 0 Å². The third-order valence-corrected chi connectivity index (χ3v) is 6.93. The van der Waals surface area contributed by atoms with E-state index in [2.05, 4.69) is 10.3 Å². The van der Waals surface area contributed by atoms with Gasteiger partial charge < -0.3 is 14.8 Å². The smallest absolute Gasteiger partial charge is 0.285 e. The van der Waals surface area contributed by atoms with Crippen LogP contribution in [0.25, 0.3) is 0 Å². The van der Waals surface area contributed by atoms with Crippen LogP contribution in [0.2, 0.25) is 0 Å². The lowest BCUT2D eigenvalue weighted by atomic mass is 9.85. The molecule has 7 nitrogen and oxygen atoms in total. The SMILES string of the molecule is O=C(NCc1ccccc1)c1cn2c(nc1=O)[C@@]1(CCN(C(=O)c3ccsc3)C1)CC2. The molecule has 0 bridgehead atoms. The minimum absolute atomic E-state index is 0.0239. The Labute approximate surface area is 183 Å². The van der Waals surface area contributed by atoms with E-state index < -0.39 is 11.5 Å². The molecule has 2 aromatic heterocycles. The number of carbonyl (C=O) groups excluding carboxylic acids is 2. The molecular formula is C23H22N4O3S. The number of amides is 2. The molecule has 3 aromatic rings. The van der Waals surface area contributed by atoms with Crippen LogP contribution in [-0.4, -0.2) is 39.4 Å². The van der Waals surface area contributed by atoms with Gasteiger partial charge in [0.2, 0.25) is 0 Å². The molecule has 2 aliphatic rings. The topological polar surface area (TPSA) is 84.3 Å². The molecule has 0 unspecified atom stereocenters. The van der Waals surface area contributed by atoms with Crippen molar-refractivity contribution in [2.45, 2.75) is 31.3 Å². The molecule has 1 atom stereocenters. The van der Waals surface area contributed by atoms with Gasteiger partial charge in [-0.3, -0.25) is 14.4 Å². The predicted molar refractivity (Wildman–Crippen MR) is 117 cm³/mol. The second-order valence-electron chi connectivity index (χ2n) is 8.16. The van der Waals surface area contributed by atoms with Crippen molar-refractivity contribution in [2.75, 3.05) is 13.1 Å². The molecule has 4 heterocycles. The van der Waals surface area contributed by atoms with Crippen LogP contribution in [0, 0.1) is 0 Å². The summed E-state index contributed by atoms with van der Waals surface area (Å²) in [7, 11) is 0. The Kier molecular flexibility index (Phi) is 4.94. The normalized spacial score (nSPS) is 19.5. The highest BCUT2D eigenvalue weighted by molar-refractivity contribution is 7.08. The van der Waals surface area contributed by atoms with Crippen molar-refractivity contribution in [3.63, 3.8) is 0 Å². The second-order valence-corrected chi connectivity index (χ2v) is 8.94. The Bertz CT molecular complexity index is 1190. The molecule has 1 spiro atoms. The minimum atomic E-state index is -0.513. The fraction of sp³-hybridized carbons (Fsp3) is 0.304. The Morgan fingerprint density at radius 2 is 1.94 bits per heavy atom. The lowest BCUT2D eigenvalue weighted by molar-refractivity contribution is 0.0783. The summed E-state index contributed by atoms with van der Waals surface area (Å²) in [4.78, 5) is 44.3. The number of benzene rings is 1. The van der Waals surface area contributed by atoms with E-state index in [4.69, 9.17) is 0 Å². The van der Waals surface area contributed by atoms with Crippen molar-refractivity contribution in [1.82, 2.24) is 19.8 Å². The average molecular weight is 435 g/mol. The van der Waals surface area contributed by atoms with Gasteiger partial charge in [0.15, 0.2) is 0 Å². The molecule has 2 aliphatic heterocycles. The molecule has 1 aromatic carbocycles. The number of likely N-dealkylation sites (tertiary alicyclic amines) is 1. The van der Waals surface area contributed by atoms with Gasteiger partial charge in [0.1, 0.15) is 11.4 Å². The van der Waals surface area contributed by atoms with Gasteiger partial charge in [0.05, 0.1) is 5.56 Å². The van der Waals surface area contributed by atoms with Crippen LogP contribution in [0.5, 0.6) is 0 Å². The van der Waals surface area contributed by atoms with E-state index >= 15 is 0 Å². The molecule has 0 aliphatic carbocycles. The van der Waals surface area contributed by atoms with Crippen LogP contribution in [0.1, 0.15) is 44.9 Å². The van der Waals surface area contributed by atoms with E-state index in [1.165, 1.54) is 11.3 Å². The second kappa shape index (κ2) is 7.77. The Balaban J connectivity index is 1.34. The molecule has 0 radical (unpaired) electrons. The van der Waals surface area contributed by atoms with Gasteiger partial charge >= 0.3 is 0 Å². The standard InChI is InChI=1S/C23H22N4O3S/c28-19(24-12-16-4-2-1-3-5-16)18-13-26-9-7-23(22(26)25-20(18)29)8-10-27(15-23)21(30)17-6-11-31-14-17/h1-6,11,13-14H,7-10,12,15H2,(H,24,28)/t23-/m1/s1. The summed E-state index contributed by atoms with van der Waals surface area (Å²) >= 11 is 1.50. The highest BCUT2D eigenvalue weighted by Crippen LogP contribution is 2.41. The molecule has 2 amide bonds. The molecule has 1 fully saturated rings. The summed E-state index contributed by atoms with van der Waals surface area (Å²) < 4.78 is 1.91. The monoisotopic (exact) mass is 434 g/mol. The van der Waals surface area contributed by atoms with Gasteiger partial charge in [-0.05, 0) is 29.9 Å². The molecular weight excluding hydrogens is 412 g/mol. The Morgan fingerprint density at radius 1 is 1.13 bits per heavy atom. The van der Waals surface area contributed by atoms with Crippen molar-refractivity contribution >= 4 is 23.2 Å². The number of nitrogens with zero attached hydrogens (tertiary/aromatic N) is 3. The maximum atomic E-state index is 12.8.